The molecule has 1 aromatic rings. The number of likely N-dealkylation sites (tertiary alicyclic amines) is 1. The van der Waals surface area contributed by atoms with Gasteiger partial charge in [-0.1, -0.05) is 13.8 Å². The normalized spacial score (nSPS) is 21.0. The second-order valence-corrected chi connectivity index (χ2v) is 8.31. The zero-order chi connectivity index (χ0) is 14.8. The summed E-state index contributed by atoms with van der Waals surface area (Å²) in [4.78, 5) is 7.32. The Morgan fingerprint density at radius 2 is 2.20 bits per heavy atom. The molecular weight excluding hydrogens is 266 g/mol. The summed E-state index contributed by atoms with van der Waals surface area (Å²) in [7, 11) is 0. The lowest BCUT2D eigenvalue weighted by Crippen LogP contribution is -2.35. The predicted octanol–water partition coefficient (Wildman–Crippen LogP) is 3.51. The van der Waals surface area contributed by atoms with Gasteiger partial charge in [-0.3, -0.25) is 4.90 Å². The molecule has 0 aliphatic carbocycles. The van der Waals surface area contributed by atoms with Crippen LogP contribution in [0.15, 0.2) is 5.38 Å². The minimum Gasteiger partial charge on any atom is -0.306 e. The van der Waals surface area contributed by atoms with E-state index >= 15 is 0 Å². The summed E-state index contributed by atoms with van der Waals surface area (Å²) in [5.41, 5.74) is 1.40. The van der Waals surface area contributed by atoms with E-state index in [0.29, 0.717) is 0 Å². The summed E-state index contributed by atoms with van der Waals surface area (Å²) < 4.78 is 0. The molecule has 2 heterocycles. The zero-order valence-electron chi connectivity index (χ0n) is 13.6. The van der Waals surface area contributed by atoms with Gasteiger partial charge in [-0.15, -0.1) is 11.3 Å². The fraction of sp³-hybridized carbons (Fsp3) is 0.812. The molecule has 1 saturated heterocycles. The van der Waals surface area contributed by atoms with Crippen LogP contribution < -0.4 is 5.32 Å². The fourth-order valence-corrected chi connectivity index (χ4v) is 3.35. The highest BCUT2D eigenvalue weighted by Crippen LogP contribution is 2.25. The number of hydrogen-bond donors (Lipinski definition) is 1. The number of hydrogen-bond acceptors (Lipinski definition) is 4. The predicted molar refractivity (Wildman–Crippen MR) is 86.9 cm³/mol. The summed E-state index contributed by atoms with van der Waals surface area (Å²) >= 11 is 1.78. The first-order valence-corrected chi connectivity index (χ1v) is 8.62. The van der Waals surface area contributed by atoms with Gasteiger partial charge in [0.15, 0.2) is 0 Å². The van der Waals surface area contributed by atoms with E-state index in [1.165, 1.54) is 30.2 Å². The highest BCUT2D eigenvalue weighted by molar-refractivity contribution is 7.09. The van der Waals surface area contributed by atoms with Crippen molar-refractivity contribution < 1.29 is 0 Å². The Morgan fingerprint density at radius 1 is 1.45 bits per heavy atom. The molecule has 0 amide bonds. The first-order valence-electron chi connectivity index (χ1n) is 7.74. The number of thiazole rings is 1. The van der Waals surface area contributed by atoms with Gasteiger partial charge in [0, 0.05) is 30.6 Å². The molecule has 0 bridgehead atoms. The quantitative estimate of drug-likeness (QED) is 0.901. The monoisotopic (exact) mass is 295 g/mol. The molecule has 4 heteroatoms. The van der Waals surface area contributed by atoms with E-state index in [0.717, 1.165) is 24.9 Å². The van der Waals surface area contributed by atoms with Crippen LogP contribution in [0.2, 0.25) is 0 Å². The summed E-state index contributed by atoms with van der Waals surface area (Å²) in [6.07, 6.45) is 1.35. The summed E-state index contributed by atoms with van der Waals surface area (Å²) in [6.45, 7) is 15.6. The van der Waals surface area contributed by atoms with Crippen LogP contribution in [-0.2, 0) is 13.1 Å². The van der Waals surface area contributed by atoms with Crippen molar-refractivity contribution in [3.63, 3.8) is 0 Å². The molecule has 1 aliphatic rings. The Hall–Kier alpha value is -0.450. The Bertz CT molecular complexity index is 420. The third-order valence-corrected chi connectivity index (χ3v) is 4.90. The number of aromatic nitrogens is 1. The highest BCUT2D eigenvalue weighted by atomic mass is 32.1. The van der Waals surface area contributed by atoms with Crippen LogP contribution >= 0.6 is 11.3 Å². The summed E-state index contributed by atoms with van der Waals surface area (Å²) in [5.74, 6) is 1.68. The Morgan fingerprint density at radius 3 is 2.80 bits per heavy atom. The van der Waals surface area contributed by atoms with Gasteiger partial charge in [0.25, 0.3) is 0 Å². The van der Waals surface area contributed by atoms with Crippen molar-refractivity contribution in [2.75, 3.05) is 13.1 Å². The number of rotatable bonds is 5. The molecule has 1 aliphatic heterocycles. The maximum atomic E-state index is 4.76. The molecule has 2 rings (SSSR count). The van der Waals surface area contributed by atoms with Crippen molar-refractivity contribution in [2.24, 2.45) is 11.8 Å². The molecule has 1 unspecified atom stereocenters. The lowest BCUT2D eigenvalue weighted by atomic mass is 9.95. The van der Waals surface area contributed by atoms with Crippen LogP contribution in [0.4, 0.5) is 0 Å². The smallest absolute Gasteiger partial charge is 0.107 e. The fourth-order valence-electron chi connectivity index (χ4n) is 2.62. The van der Waals surface area contributed by atoms with E-state index in [2.05, 4.69) is 50.2 Å². The van der Waals surface area contributed by atoms with Crippen LogP contribution in [-0.4, -0.2) is 28.5 Å². The van der Waals surface area contributed by atoms with Crippen LogP contribution in [0.5, 0.6) is 0 Å². The standard InChI is InChI=1S/C16H29N3S/c1-12(2)13-6-7-19(9-13)10-14-11-20-15(18-14)8-17-16(3,4)5/h11-13,17H,6-10H2,1-5H3. The van der Waals surface area contributed by atoms with Gasteiger partial charge >= 0.3 is 0 Å². The van der Waals surface area contributed by atoms with Crippen molar-refractivity contribution in [1.82, 2.24) is 15.2 Å². The van der Waals surface area contributed by atoms with Crippen molar-refractivity contribution in [2.45, 2.75) is 59.7 Å². The largest absolute Gasteiger partial charge is 0.306 e. The molecule has 0 radical (unpaired) electrons. The van der Waals surface area contributed by atoms with E-state index in [1.54, 1.807) is 11.3 Å². The van der Waals surface area contributed by atoms with Crippen molar-refractivity contribution >= 4 is 11.3 Å². The molecule has 1 N–H and O–H groups in total. The number of nitrogens with zero attached hydrogens (tertiary/aromatic N) is 2. The molecule has 114 valence electrons. The van der Waals surface area contributed by atoms with E-state index in [9.17, 15) is 0 Å². The zero-order valence-corrected chi connectivity index (χ0v) is 14.4. The topological polar surface area (TPSA) is 28.2 Å². The molecule has 0 aromatic carbocycles. The average molecular weight is 295 g/mol. The first kappa shape index (κ1) is 15.9. The van der Waals surface area contributed by atoms with Crippen molar-refractivity contribution in [3.05, 3.63) is 16.1 Å². The van der Waals surface area contributed by atoms with Crippen LogP contribution in [0, 0.1) is 11.8 Å². The molecule has 0 saturated carbocycles. The van der Waals surface area contributed by atoms with Gasteiger partial charge in [-0.2, -0.15) is 0 Å². The molecular formula is C16H29N3S. The van der Waals surface area contributed by atoms with Crippen molar-refractivity contribution in [3.8, 4) is 0 Å². The van der Waals surface area contributed by atoms with E-state index < -0.39 is 0 Å². The van der Waals surface area contributed by atoms with Crippen LogP contribution in [0.3, 0.4) is 0 Å². The molecule has 1 aromatic heterocycles. The summed E-state index contributed by atoms with van der Waals surface area (Å²) in [5, 5.41) is 6.93. The van der Waals surface area contributed by atoms with E-state index in [1.807, 2.05) is 0 Å². The Balaban J connectivity index is 1.81. The summed E-state index contributed by atoms with van der Waals surface area (Å²) in [6, 6.07) is 0. The average Bonchev–Trinajstić information content (AvgIpc) is 2.95. The van der Waals surface area contributed by atoms with E-state index in [4.69, 9.17) is 4.98 Å². The maximum absolute atomic E-state index is 4.76. The highest BCUT2D eigenvalue weighted by Gasteiger charge is 2.25. The Kier molecular flexibility index (Phi) is 5.21. The van der Waals surface area contributed by atoms with E-state index in [-0.39, 0.29) is 5.54 Å². The lowest BCUT2D eigenvalue weighted by Gasteiger charge is -2.19. The molecule has 20 heavy (non-hydrogen) atoms. The van der Waals surface area contributed by atoms with Gasteiger partial charge in [0.05, 0.1) is 5.69 Å². The second-order valence-electron chi connectivity index (χ2n) is 7.36. The van der Waals surface area contributed by atoms with Gasteiger partial charge in [0.2, 0.25) is 0 Å². The molecule has 1 atom stereocenters. The van der Waals surface area contributed by atoms with Crippen molar-refractivity contribution in [1.29, 1.82) is 0 Å². The minimum absolute atomic E-state index is 0.158. The van der Waals surface area contributed by atoms with Crippen LogP contribution in [0.25, 0.3) is 0 Å². The first-order chi connectivity index (χ1) is 9.33. The van der Waals surface area contributed by atoms with Gasteiger partial charge in [-0.25, -0.2) is 4.98 Å². The number of nitrogens with one attached hydrogen (secondary N) is 1. The van der Waals surface area contributed by atoms with Gasteiger partial charge in [-0.05, 0) is 45.6 Å². The third-order valence-electron chi connectivity index (χ3n) is 4.01. The molecule has 1 fully saturated rings. The second kappa shape index (κ2) is 6.54. The van der Waals surface area contributed by atoms with Gasteiger partial charge in [0.1, 0.15) is 5.01 Å². The third kappa shape index (κ3) is 4.83. The maximum Gasteiger partial charge on any atom is 0.107 e. The lowest BCUT2D eigenvalue weighted by molar-refractivity contribution is 0.294. The SMILES string of the molecule is CC(C)C1CCN(Cc2csc(CNC(C)(C)C)n2)C1. The van der Waals surface area contributed by atoms with Gasteiger partial charge < -0.3 is 5.32 Å². The minimum atomic E-state index is 0.158. The molecule has 3 nitrogen and oxygen atoms in total. The Labute approximate surface area is 127 Å². The molecule has 0 spiro atoms. The van der Waals surface area contributed by atoms with Crippen LogP contribution in [0.1, 0.15) is 51.7 Å².